The van der Waals surface area contributed by atoms with Gasteiger partial charge < -0.3 is 11.1 Å². The Morgan fingerprint density at radius 2 is 1.89 bits per heavy atom. The van der Waals surface area contributed by atoms with Crippen LogP contribution in [0.4, 0.5) is 8.78 Å². The number of nitrogens with zero attached hydrogens (tertiary/aromatic N) is 2. The maximum atomic E-state index is 13.4. The van der Waals surface area contributed by atoms with Gasteiger partial charge in [0.1, 0.15) is 11.6 Å². The number of benzene rings is 1. The van der Waals surface area contributed by atoms with E-state index in [0.717, 1.165) is 6.07 Å². The summed E-state index contributed by atoms with van der Waals surface area (Å²) in [6, 6.07) is 3.14. The second kappa shape index (κ2) is 4.93. The van der Waals surface area contributed by atoms with Crippen LogP contribution in [0.3, 0.4) is 0 Å². The number of hydrogen-bond acceptors (Lipinski definition) is 5. The minimum atomic E-state index is -1.31. The highest BCUT2D eigenvalue weighted by molar-refractivity contribution is 5.90. The summed E-state index contributed by atoms with van der Waals surface area (Å²) in [5, 5.41) is 5.68. The van der Waals surface area contributed by atoms with Crippen molar-refractivity contribution < 1.29 is 8.78 Å². The van der Waals surface area contributed by atoms with E-state index >= 15 is 0 Å². The summed E-state index contributed by atoms with van der Waals surface area (Å²) < 4.78 is 26.7. The summed E-state index contributed by atoms with van der Waals surface area (Å²) in [6.45, 7) is 3.75. The molecule has 1 aliphatic heterocycles. The summed E-state index contributed by atoms with van der Waals surface area (Å²) in [4.78, 5) is 8.30. The fraction of sp³-hybridized carbons (Fsp3) is 0.333. The first-order chi connectivity index (χ1) is 8.91. The fourth-order valence-electron chi connectivity index (χ4n) is 1.88. The average Bonchev–Trinajstić information content (AvgIpc) is 2.26. The van der Waals surface area contributed by atoms with Crippen molar-refractivity contribution >= 4 is 12.3 Å². The molecule has 0 bridgehead atoms. The van der Waals surface area contributed by atoms with E-state index in [-0.39, 0.29) is 17.6 Å². The Balaban J connectivity index is 2.54. The molecule has 0 aromatic heterocycles. The Hall–Kier alpha value is -2.02. The van der Waals surface area contributed by atoms with Crippen LogP contribution in [-0.4, -0.2) is 18.3 Å². The molecule has 1 aromatic rings. The van der Waals surface area contributed by atoms with E-state index in [1.54, 1.807) is 0 Å². The van der Waals surface area contributed by atoms with Gasteiger partial charge in [0.15, 0.2) is 5.96 Å². The lowest BCUT2D eigenvalue weighted by molar-refractivity contribution is 0.326. The van der Waals surface area contributed by atoms with Crippen molar-refractivity contribution in [1.29, 1.82) is 0 Å². The standard InChI is InChI=1S/C12H15F2N5/c1-7(2)18-12(17-6-16-11(15)19-12)8-3-9(13)5-10(14)4-8/h3-7,18H,1-2H3,(H3,15,16,17,19). The molecule has 0 saturated heterocycles. The molecule has 2 rings (SSSR count). The zero-order valence-corrected chi connectivity index (χ0v) is 10.6. The highest BCUT2D eigenvalue weighted by atomic mass is 19.1. The lowest BCUT2D eigenvalue weighted by Crippen LogP contribution is -2.49. The summed E-state index contributed by atoms with van der Waals surface area (Å²) in [5.74, 6) is -2.58. The number of nitrogens with one attached hydrogen (secondary N) is 2. The van der Waals surface area contributed by atoms with Crippen LogP contribution in [0.15, 0.2) is 28.2 Å². The first-order valence-corrected chi connectivity index (χ1v) is 5.81. The summed E-state index contributed by atoms with van der Waals surface area (Å²) in [7, 11) is 0. The molecule has 0 amide bonds. The van der Waals surface area contributed by atoms with Gasteiger partial charge in [-0.15, -0.1) is 0 Å². The third-order valence-corrected chi connectivity index (χ3v) is 2.50. The van der Waals surface area contributed by atoms with Crippen molar-refractivity contribution in [2.45, 2.75) is 25.7 Å². The molecule has 1 aliphatic rings. The number of hydrogen-bond donors (Lipinski definition) is 3. The first-order valence-electron chi connectivity index (χ1n) is 5.81. The van der Waals surface area contributed by atoms with E-state index in [2.05, 4.69) is 20.6 Å². The van der Waals surface area contributed by atoms with Gasteiger partial charge in [-0.25, -0.2) is 18.8 Å². The van der Waals surface area contributed by atoms with Crippen LogP contribution in [-0.2, 0) is 5.79 Å². The summed E-state index contributed by atoms with van der Waals surface area (Å²) in [5.41, 5.74) is 5.87. The van der Waals surface area contributed by atoms with Crippen LogP contribution in [0.5, 0.6) is 0 Å². The van der Waals surface area contributed by atoms with Crippen LogP contribution >= 0.6 is 0 Å². The number of rotatable bonds is 3. The minimum Gasteiger partial charge on any atom is -0.370 e. The van der Waals surface area contributed by atoms with E-state index in [1.165, 1.54) is 18.5 Å². The molecular formula is C12H15F2N5. The predicted octanol–water partition coefficient (Wildman–Crippen LogP) is 1.02. The van der Waals surface area contributed by atoms with E-state index in [9.17, 15) is 8.78 Å². The van der Waals surface area contributed by atoms with Gasteiger partial charge in [-0.3, -0.25) is 5.32 Å². The molecule has 0 aliphatic carbocycles. The Bertz CT molecular complexity index is 521. The number of nitrogens with two attached hydrogens (primary N) is 1. The molecular weight excluding hydrogens is 252 g/mol. The first kappa shape index (κ1) is 13.4. The minimum absolute atomic E-state index is 0.0156. The monoisotopic (exact) mass is 267 g/mol. The largest absolute Gasteiger partial charge is 0.370 e. The lowest BCUT2D eigenvalue weighted by Gasteiger charge is -2.31. The molecule has 102 valence electrons. The third kappa shape index (κ3) is 2.87. The highest BCUT2D eigenvalue weighted by Gasteiger charge is 2.34. The predicted molar refractivity (Wildman–Crippen MR) is 69.6 cm³/mol. The number of halogens is 2. The van der Waals surface area contributed by atoms with E-state index in [0.29, 0.717) is 0 Å². The Kier molecular flexibility index (Phi) is 3.48. The third-order valence-electron chi connectivity index (χ3n) is 2.50. The summed E-state index contributed by atoms with van der Waals surface area (Å²) in [6.07, 6.45) is 1.35. The van der Waals surface area contributed by atoms with E-state index < -0.39 is 17.4 Å². The van der Waals surface area contributed by atoms with Gasteiger partial charge in [-0.05, 0) is 26.0 Å². The molecule has 1 aromatic carbocycles. The molecule has 4 N–H and O–H groups in total. The fourth-order valence-corrected chi connectivity index (χ4v) is 1.88. The van der Waals surface area contributed by atoms with Crippen LogP contribution in [0, 0.1) is 11.6 Å². The molecule has 1 atom stereocenters. The second-order valence-electron chi connectivity index (χ2n) is 4.53. The molecule has 7 heteroatoms. The maximum absolute atomic E-state index is 13.4. The van der Waals surface area contributed by atoms with Gasteiger partial charge in [0.25, 0.3) is 0 Å². The van der Waals surface area contributed by atoms with Crippen LogP contribution in [0.2, 0.25) is 0 Å². The quantitative estimate of drug-likeness (QED) is 0.765. The molecule has 1 unspecified atom stereocenters. The van der Waals surface area contributed by atoms with Crippen LogP contribution < -0.4 is 16.4 Å². The normalized spacial score (nSPS) is 22.3. The van der Waals surface area contributed by atoms with Crippen LogP contribution in [0.1, 0.15) is 19.4 Å². The lowest BCUT2D eigenvalue weighted by atomic mass is 10.1. The van der Waals surface area contributed by atoms with Crippen molar-refractivity contribution in [2.24, 2.45) is 15.7 Å². The van der Waals surface area contributed by atoms with Crippen molar-refractivity contribution in [2.75, 3.05) is 0 Å². The smallest absolute Gasteiger partial charge is 0.236 e. The molecule has 0 spiro atoms. The summed E-state index contributed by atoms with van der Waals surface area (Å²) >= 11 is 0. The van der Waals surface area contributed by atoms with Crippen molar-refractivity contribution in [1.82, 2.24) is 10.6 Å². The second-order valence-corrected chi connectivity index (χ2v) is 4.53. The van der Waals surface area contributed by atoms with Gasteiger partial charge in [0, 0.05) is 17.7 Å². The average molecular weight is 267 g/mol. The van der Waals surface area contributed by atoms with Gasteiger partial charge in [0.05, 0.1) is 6.34 Å². The molecule has 5 nitrogen and oxygen atoms in total. The highest BCUT2D eigenvalue weighted by Crippen LogP contribution is 2.27. The number of aliphatic imine (C=N–C) groups is 2. The van der Waals surface area contributed by atoms with Gasteiger partial charge >= 0.3 is 0 Å². The number of guanidine groups is 1. The Morgan fingerprint density at radius 3 is 2.42 bits per heavy atom. The van der Waals surface area contributed by atoms with Crippen LogP contribution in [0.25, 0.3) is 0 Å². The van der Waals surface area contributed by atoms with Gasteiger partial charge in [0.2, 0.25) is 5.79 Å². The molecule has 1 heterocycles. The van der Waals surface area contributed by atoms with E-state index in [4.69, 9.17) is 5.73 Å². The topological polar surface area (TPSA) is 74.8 Å². The SMILES string of the molecule is CC(C)NC1(c2cc(F)cc(F)c2)N=CNC(N)=N1. The van der Waals surface area contributed by atoms with E-state index in [1.807, 2.05) is 13.8 Å². The van der Waals surface area contributed by atoms with Crippen molar-refractivity contribution in [3.63, 3.8) is 0 Å². The molecule has 19 heavy (non-hydrogen) atoms. The zero-order chi connectivity index (χ0) is 14.0. The Labute approximate surface area is 109 Å². The zero-order valence-electron chi connectivity index (χ0n) is 10.6. The van der Waals surface area contributed by atoms with Gasteiger partial charge in [-0.1, -0.05) is 0 Å². The molecule has 0 saturated carbocycles. The maximum Gasteiger partial charge on any atom is 0.236 e. The molecule has 0 radical (unpaired) electrons. The van der Waals surface area contributed by atoms with Gasteiger partial charge in [-0.2, -0.15) is 0 Å². The Morgan fingerprint density at radius 1 is 1.26 bits per heavy atom. The van der Waals surface area contributed by atoms with Crippen molar-refractivity contribution in [3.05, 3.63) is 35.4 Å². The molecule has 0 fully saturated rings. The van der Waals surface area contributed by atoms with Crippen molar-refractivity contribution in [3.8, 4) is 0 Å².